The van der Waals surface area contributed by atoms with E-state index in [-0.39, 0.29) is 0 Å². The van der Waals surface area contributed by atoms with Crippen molar-refractivity contribution >= 4 is 5.97 Å². The fourth-order valence-corrected chi connectivity index (χ4v) is 0.364. The third-order valence-electron chi connectivity index (χ3n) is 0.716. The number of carboxylic acids is 1. The average Bonchev–Trinajstić information content (AvgIpc) is 1.63. The number of alkyl halides is 1. The minimum absolute atomic E-state index is 0.671. The van der Waals surface area contributed by atoms with Crippen LogP contribution in [0.2, 0.25) is 0 Å². The molecule has 0 amide bonds. The molecule has 0 rings (SSSR count). The maximum Gasteiger partial charge on any atom is 0.342 e. The molecule has 9 heavy (non-hydrogen) atoms. The van der Waals surface area contributed by atoms with E-state index in [1.54, 1.807) is 13.8 Å². The van der Waals surface area contributed by atoms with Gasteiger partial charge in [-0.15, -0.1) is 0 Å². The maximum absolute atomic E-state index is 12.1. The highest BCUT2D eigenvalue weighted by Gasteiger charge is 2.10. The fraction of sp³-hybridized carbons (Fsp3) is 0.500. The van der Waals surface area contributed by atoms with Crippen LogP contribution in [0.5, 0.6) is 0 Å². The van der Waals surface area contributed by atoms with Crippen molar-refractivity contribution in [3.8, 4) is 0 Å². The van der Waals surface area contributed by atoms with Crippen LogP contribution in [0.15, 0.2) is 11.6 Å². The summed E-state index contributed by atoms with van der Waals surface area (Å²) in [7, 11) is 0. The molecule has 0 aliphatic carbocycles. The molecule has 0 aromatic heterocycles. The van der Waals surface area contributed by atoms with E-state index >= 15 is 0 Å². The van der Waals surface area contributed by atoms with Crippen molar-refractivity contribution in [3.05, 3.63) is 11.6 Å². The molecule has 0 aromatic rings. The standard InChI is InChI=1S/C6H9FO2/c1-4(2)3-5(7)6(8)9/h3,5H,1-2H3,(H,8,9). The molecule has 0 radical (unpaired) electrons. The number of carbonyl (C=O) groups is 1. The second-order valence-corrected chi connectivity index (χ2v) is 1.98. The van der Waals surface area contributed by atoms with E-state index in [0.29, 0.717) is 5.57 Å². The lowest BCUT2D eigenvalue weighted by atomic mass is 10.2. The van der Waals surface area contributed by atoms with Crippen molar-refractivity contribution in [2.75, 3.05) is 0 Å². The largest absolute Gasteiger partial charge is 0.479 e. The Kier molecular flexibility index (Phi) is 2.91. The molecule has 0 aliphatic rings. The summed E-state index contributed by atoms with van der Waals surface area (Å²) in [4.78, 5) is 9.82. The highest BCUT2D eigenvalue weighted by Crippen LogP contribution is 1.97. The lowest BCUT2D eigenvalue weighted by Crippen LogP contribution is -2.11. The Morgan fingerprint density at radius 3 is 2.22 bits per heavy atom. The summed E-state index contributed by atoms with van der Waals surface area (Å²) in [5, 5.41) is 8.01. The number of aliphatic carboxylic acids is 1. The van der Waals surface area contributed by atoms with Gasteiger partial charge in [-0.25, -0.2) is 9.18 Å². The number of carboxylic acid groups (broad SMARTS) is 1. The summed E-state index contributed by atoms with van der Waals surface area (Å²) in [6.07, 6.45) is -0.794. The molecule has 0 saturated heterocycles. The summed E-state index contributed by atoms with van der Waals surface area (Å²) < 4.78 is 12.1. The number of hydrogen-bond donors (Lipinski definition) is 1. The van der Waals surface area contributed by atoms with Crippen molar-refractivity contribution in [2.24, 2.45) is 0 Å². The molecule has 2 nitrogen and oxygen atoms in total. The summed E-state index contributed by atoms with van der Waals surface area (Å²) in [6, 6.07) is 0. The molecule has 0 spiro atoms. The van der Waals surface area contributed by atoms with Gasteiger partial charge in [0.15, 0.2) is 0 Å². The van der Waals surface area contributed by atoms with Crippen LogP contribution in [0.25, 0.3) is 0 Å². The first kappa shape index (κ1) is 8.14. The zero-order valence-corrected chi connectivity index (χ0v) is 5.39. The molecule has 0 bridgehead atoms. The summed E-state index contributed by atoms with van der Waals surface area (Å²) >= 11 is 0. The Balaban J connectivity index is 3.91. The first-order chi connectivity index (χ1) is 4.04. The van der Waals surface area contributed by atoms with Crippen LogP contribution in [0, 0.1) is 0 Å². The molecule has 0 aromatic carbocycles. The minimum Gasteiger partial charge on any atom is -0.479 e. The van der Waals surface area contributed by atoms with Crippen LogP contribution >= 0.6 is 0 Å². The Bertz CT molecular complexity index is 136. The highest BCUT2D eigenvalue weighted by atomic mass is 19.1. The SMILES string of the molecule is CC(C)=CC(F)C(=O)O. The van der Waals surface area contributed by atoms with Gasteiger partial charge in [-0.3, -0.25) is 0 Å². The van der Waals surface area contributed by atoms with Crippen molar-refractivity contribution in [3.63, 3.8) is 0 Å². The Hall–Kier alpha value is -0.860. The lowest BCUT2D eigenvalue weighted by Gasteiger charge is -1.93. The van der Waals surface area contributed by atoms with Crippen LogP contribution in [0.1, 0.15) is 13.8 Å². The minimum atomic E-state index is -1.85. The van der Waals surface area contributed by atoms with Crippen molar-refractivity contribution in [1.29, 1.82) is 0 Å². The summed E-state index contributed by atoms with van der Waals surface area (Å²) in [5.41, 5.74) is 0.671. The Morgan fingerprint density at radius 2 is 2.11 bits per heavy atom. The molecule has 0 heterocycles. The molecule has 1 atom stereocenters. The van der Waals surface area contributed by atoms with E-state index in [2.05, 4.69) is 0 Å². The van der Waals surface area contributed by atoms with Gasteiger partial charge < -0.3 is 5.11 Å². The van der Waals surface area contributed by atoms with Gasteiger partial charge in [0.25, 0.3) is 0 Å². The van der Waals surface area contributed by atoms with Crippen molar-refractivity contribution in [2.45, 2.75) is 20.0 Å². The molecule has 1 unspecified atom stereocenters. The fourth-order valence-electron chi connectivity index (χ4n) is 0.364. The van der Waals surface area contributed by atoms with Crippen LogP contribution in [-0.4, -0.2) is 17.2 Å². The van der Waals surface area contributed by atoms with E-state index in [1.165, 1.54) is 0 Å². The normalized spacial score (nSPS) is 12.3. The van der Waals surface area contributed by atoms with Gasteiger partial charge >= 0.3 is 5.97 Å². The van der Waals surface area contributed by atoms with E-state index < -0.39 is 12.1 Å². The first-order valence-electron chi connectivity index (χ1n) is 2.56. The molecule has 1 N–H and O–H groups in total. The average molecular weight is 132 g/mol. The van der Waals surface area contributed by atoms with E-state index in [4.69, 9.17) is 5.11 Å². The van der Waals surface area contributed by atoms with Crippen molar-refractivity contribution < 1.29 is 14.3 Å². The van der Waals surface area contributed by atoms with E-state index in [0.717, 1.165) is 6.08 Å². The van der Waals surface area contributed by atoms with Gasteiger partial charge in [0.05, 0.1) is 0 Å². The molecule has 0 fully saturated rings. The summed E-state index contributed by atoms with van der Waals surface area (Å²) in [6.45, 7) is 3.30. The predicted octanol–water partition coefficient (Wildman–Crippen LogP) is 1.38. The first-order valence-corrected chi connectivity index (χ1v) is 2.56. The van der Waals surface area contributed by atoms with Crippen LogP contribution in [-0.2, 0) is 4.79 Å². The van der Waals surface area contributed by atoms with Gasteiger partial charge in [0.2, 0.25) is 6.17 Å². The van der Waals surface area contributed by atoms with Gasteiger partial charge in [-0.05, 0) is 19.9 Å². The molecule has 52 valence electrons. The highest BCUT2D eigenvalue weighted by molar-refractivity contribution is 5.74. The molecular weight excluding hydrogens is 123 g/mol. The third-order valence-corrected chi connectivity index (χ3v) is 0.716. The number of rotatable bonds is 2. The zero-order valence-electron chi connectivity index (χ0n) is 5.39. The van der Waals surface area contributed by atoms with Gasteiger partial charge in [-0.2, -0.15) is 0 Å². The maximum atomic E-state index is 12.1. The monoisotopic (exact) mass is 132 g/mol. The topological polar surface area (TPSA) is 37.3 Å². The lowest BCUT2D eigenvalue weighted by molar-refractivity contribution is -0.140. The Morgan fingerprint density at radius 1 is 1.67 bits per heavy atom. The van der Waals surface area contributed by atoms with Gasteiger partial charge in [0.1, 0.15) is 0 Å². The van der Waals surface area contributed by atoms with Crippen LogP contribution < -0.4 is 0 Å². The third kappa shape index (κ3) is 3.70. The molecule has 0 aliphatic heterocycles. The number of hydrogen-bond acceptors (Lipinski definition) is 1. The number of halogens is 1. The predicted molar refractivity (Wildman–Crippen MR) is 32.0 cm³/mol. The smallest absolute Gasteiger partial charge is 0.342 e. The van der Waals surface area contributed by atoms with Gasteiger partial charge in [-0.1, -0.05) is 5.57 Å². The van der Waals surface area contributed by atoms with Gasteiger partial charge in [0, 0.05) is 0 Å². The van der Waals surface area contributed by atoms with Crippen LogP contribution in [0.3, 0.4) is 0 Å². The summed E-state index contributed by atoms with van der Waals surface area (Å²) in [5.74, 6) is -1.43. The number of allylic oxidation sites excluding steroid dienone is 1. The molecule has 0 saturated carbocycles. The second kappa shape index (κ2) is 3.22. The second-order valence-electron chi connectivity index (χ2n) is 1.98. The molecule has 3 heteroatoms. The zero-order chi connectivity index (χ0) is 7.44. The Labute approximate surface area is 53.0 Å². The van der Waals surface area contributed by atoms with E-state index in [1.807, 2.05) is 0 Å². The van der Waals surface area contributed by atoms with Crippen molar-refractivity contribution in [1.82, 2.24) is 0 Å². The van der Waals surface area contributed by atoms with E-state index in [9.17, 15) is 9.18 Å². The van der Waals surface area contributed by atoms with Crippen LogP contribution in [0.4, 0.5) is 4.39 Å². The quantitative estimate of drug-likeness (QED) is 0.576. The molecular formula is C6H9FO2.